The van der Waals surface area contributed by atoms with Gasteiger partial charge in [0.1, 0.15) is 11.7 Å². The first-order valence-electron chi connectivity index (χ1n) is 6.19. The molecule has 2 rings (SSSR count). The van der Waals surface area contributed by atoms with E-state index in [0.717, 1.165) is 0 Å². The molecule has 0 fully saturated rings. The van der Waals surface area contributed by atoms with E-state index >= 15 is 0 Å². The van der Waals surface area contributed by atoms with Crippen LogP contribution < -0.4 is 10.1 Å². The Bertz CT molecular complexity index is 498. The minimum absolute atomic E-state index is 0.0616. The van der Waals surface area contributed by atoms with Crippen molar-refractivity contribution in [3.8, 4) is 5.75 Å². The van der Waals surface area contributed by atoms with Crippen LogP contribution in [0.1, 0.15) is 13.8 Å². The van der Waals surface area contributed by atoms with Crippen molar-refractivity contribution in [2.24, 2.45) is 11.8 Å². The second-order valence-electron chi connectivity index (χ2n) is 4.82. The van der Waals surface area contributed by atoms with Crippen LogP contribution in [0.5, 0.6) is 5.75 Å². The van der Waals surface area contributed by atoms with E-state index in [1.165, 1.54) is 7.11 Å². The maximum Gasteiger partial charge on any atom is 0.313 e. The van der Waals surface area contributed by atoms with Crippen LogP contribution in [0.3, 0.4) is 0 Å². The molecule has 5 nitrogen and oxygen atoms in total. The van der Waals surface area contributed by atoms with E-state index in [1.54, 1.807) is 12.1 Å². The fraction of sp³-hybridized carbons (Fsp3) is 0.429. The number of methoxy groups -OCH3 is 1. The summed E-state index contributed by atoms with van der Waals surface area (Å²) in [6, 6.07) is 7.14. The van der Waals surface area contributed by atoms with Gasteiger partial charge in [0.05, 0.1) is 12.8 Å². The average Bonchev–Trinajstić information content (AvgIpc) is 2.39. The van der Waals surface area contributed by atoms with Crippen molar-refractivity contribution in [1.82, 2.24) is 0 Å². The number of anilines is 1. The summed E-state index contributed by atoms with van der Waals surface area (Å²) in [5.41, 5.74) is 0.621. The second kappa shape index (κ2) is 5.30. The number of fused-ring (bicyclic) bond motifs is 1. The summed E-state index contributed by atoms with van der Waals surface area (Å²) in [7, 11) is 1.31. The van der Waals surface area contributed by atoms with Crippen molar-refractivity contribution >= 4 is 17.6 Å². The summed E-state index contributed by atoms with van der Waals surface area (Å²) in [4.78, 5) is 23.9. The molecule has 102 valence electrons. The van der Waals surface area contributed by atoms with Crippen LogP contribution in [0, 0.1) is 11.8 Å². The lowest BCUT2D eigenvalue weighted by Crippen LogP contribution is -2.47. The van der Waals surface area contributed by atoms with Crippen LogP contribution in [-0.2, 0) is 14.3 Å². The third kappa shape index (κ3) is 2.54. The van der Waals surface area contributed by atoms with Crippen LogP contribution in [0.4, 0.5) is 5.69 Å². The van der Waals surface area contributed by atoms with Gasteiger partial charge in [0.25, 0.3) is 5.91 Å². The van der Waals surface area contributed by atoms with Crippen LogP contribution in [0.2, 0.25) is 0 Å². The monoisotopic (exact) mass is 263 g/mol. The molecular weight excluding hydrogens is 246 g/mol. The van der Waals surface area contributed by atoms with E-state index in [2.05, 4.69) is 5.32 Å². The van der Waals surface area contributed by atoms with Crippen LogP contribution in [0.15, 0.2) is 24.3 Å². The summed E-state index contributed by atoms with van der Waals surface area (Å²) in [6.07, 6.45) is -0.859. The molecule has 2 unspecified atom stereocenters. The molecule has 0 aromatic heterocycles. The zero-order chi connectivity index (χ0) is 14.0. The van der Waals surface area contributed by atoms with E-state index in [-0.39, 0.29) is 11.8 Å². The number of nitrogens with one attached hydrogen (secondary N) is 1. The van der Waals surface area contributed by atoms with Gasteiger partial charge in [-0.15, -0.1) is 0 Å². The maximum absolute atomic E-state index is 12.1. The Kier molecular flexibility index (Phi) is 3.74. The van der Waals surface area contributed by atoms with Crippen molar-refractivity contribution in [2.45, 2.75) is 20.0 Å². The first-order valence-corrected chi connectivity index (χ1v) is 6.19. The summed E-state index contributed by atoms with van der Waals surface area (Å²) in [5.74, 6) is -0.870. The average molecular weight is 263 g/mol. The SMILES string of the molecule is COC(=O)C(C(C)C)C1Oc2ccccc2NC1=O. The number of hydrogen-bond donors (Lipinski definition) is 1. The quantitative estimate of drug-likeness (QED) is 0.845. The fourth-order valence-corrected chi connectivity index (χ4v) is 2.18. The Balaban J connectivity index is 2.30. The summed E-state index contributed by atoms with van der Waals surface area (Å²) < 4.78 is 10.4. The molecule has 5 heteroatoms. The first-order chi connectivity index (χ1) is 9.04. The molecule has 0 saturated carbocycles. The van der Waals surface area contributed by atoms with Crippen molar-refractivity contribution in [1.29, 1.82) is 0 Å². The summed E-state index contributed by atoms with van der Waals surface area (Å²) in [5, 5.41) is 2.75. The molecular formula is C14H17NO4. The van der Waals surface area contributed by atoms with E-state index in [1.807, 2.05) is 26.0 Å². The zero-order valence-electron chi connectivity index (χ0n) is 11.2. The van der Waals surface area contributed by atoms with Gasteiger partial charge in [-0.3, -0.25) is 9.59 Å². The summed E-state index contributed by atoms with van der Waals surface area (Å²) >= 11 is 0. The number of para-hydroxylation sites is 2. The summed E-state index contributed by atoms with van der Waals surface area (Å²) in [6.45, 7) is 3.72. The predicted molar refractivity (Wildman–Crippen MR) is 69.8 cm³/mol. The molecule has 0 spiro atoms. The van der Waals surface area contributed by atoms with Crippen molar-refractivity contribution in [3.05, 3.63) is 24.3 Å². The van der Waals surface area contributed by atoms with Gasteiger partial charge in [-0.25, -0.2) is 0 Å². The van der Waals surface area contributed by atoms with Crippen molar-refractivity contribution in [3.63, 3.8) is 0 Å². The van der Waals surface area contributed by atoms with Gasteiger partial charge >= 0.3 is 5.97 Å². The number of rotatable bonds is 3. The highest BCUT2D eigenvalue weighted by atomic mass is 16.5. The van der Waals surface area contributed by atoms with Gasteiger partial charge in [-0.05, 0) is 18.1 Å². The molecule has 1 N–H and O–H groups in total. The Hall–Kier alpha value is -2.04. The molecule has 1 aliphatic heterocycles. The lowest BCUT2D eigenvalue weighted by Gasteiger charge is -2.31. The van der Waals surface area contributed by atoms with Crippen LogP contribution in [0.25, 0.3) is 0 Å². The molecule has 1 heterocycles. The molecule has 2 atom stereocenters. The Morgan fingerprint density at radius 3 is 2.68 bits per heavy atom. The highest BCUT2D eigenvalue weighted by Crippen LogP contribution is 2.33. The highest BCUT2D eigenvalue weighted by Gasteiger charge is 2.41. The van der Waals surface area contributed by atoms with Crippen molar-refractivity contribution < 1.29 is 19.1 Å². The normalized spacial score (nSPS) is 19.2. The molecule has 0 radical (unpaired) electrons. The minimum Gasteiger partial charge on any atom is -0.477 e. The van der Waals surface area contributed by atoms with E-state index in [0.29, 0.717) is 11.4 Å². The van der Waals surface area contributed by atoms with Crippen LogP contribution >= 0.6 is 0 Å². The lowest BCUT2D eigenvalue weighted by atomic mass is 9.89. The molecule has 19 heavy (non-hydrogen) atoms. The standard InChI is InChI=1S/C14H17NO4/c1-8(2)11(14(17)18-3)12-13(16)15-9-6-4-5-7-10(9)19-12/h4-8,11-12H,1-3H3,(H,15,16). The second-order valence-corrected chi connectivity index (χ2v) is 4.82. The molecule has 1 aromatic carbocycles. The molecule has 1 amide bonds. The molecule has 0 bridgehead atoms. The van der Waals surface area contributed by atoms with Gasteiger partial charge in [-0.2, -0.15) is 0 Å². The topological polar surface area (TPSA) is 64.6 Å². The van der Waals surface area contributed by atoms with E-state index in [4.69, 9.17) is 9.47 Å². The van der Waals surface area contributed by atoms with Crippen LogP contribution in [-0.4, -0.2) is 25.1 Å². The smallest absolute Gasteiger partial charge is 0.313 e. The number of carbonyl (C=O) groups excluding carboxylic acids is 2. The molecule has 0 saturated heterocycles. The Labute approximate surface area is 111 Å². The highest BCUT2D eigenvalue weighted by molar-refractivity contribution is 6.00. The minimum atomic E-state index is -0.859. The molecule has 1 aromatic rings. The third-order valence-corrected chi connectivity index (χ3v) is 3.18. The van der Waals surface area contributed by atoms with Crippen molar-refractivity contribution in [2.75, 3.05) is 12.4 Å². The fourth-order valence-electron chi connectivity index (χ4n) is 2.18. The van der Waals surface area contributed by atoms with Gasteiger partial charge in [0.2, 0.25) is 0 Å². The van der Waals surface area contributed by atoms with Gasteiger partial charge in [0.15, 0.2) is 6.10 Å². The Morgan fingerprint density at radius 1 is 1.37 bits per heavy atom. The largest absolute Gasteiger partial charge is 0.477 e. The van der Waals surface area contributed by atoms with Gasteiger partial charge in [0, 0.05) is 0 Å². The number of amides is 1. The predicted octanol–water partition coefficient (Wildman–Crippen LogP) is 1.83. The Morgan fingerprint density at radius 2 is 2.05 bits per heavy atom. The third-order valence-electron chi connectivity index (χ3n) is 3.18. The number of carbonyl (C=O) groups is 2. The first kappa shape index (κ1) is 13.4. The maximum atomic E-state index is 12.1. The van der Waals surface area contributed by atoms with Gasteiger partial charge < -0.3 is 14.8 Å². The zero-order valence-corrected chi connectivity index (χ0v) is 11.2. The van der Waals surface area contributed by atoms with E-state index < -0.39 is 18.0 Å². The lowest BCUT2D eigenvalue weighted by molar-refractivity contribution is -0.154. The number of esters is 1. The molecule has 1 aliphatic rings. The molecule has 0 aliphatic carbocycles. The number of ether oxygens (including phenoxy) is 2. The number of benzene rings is 1. The number of hydrogen-bond acceptors (Lipinski definition) is 4. The van der Waals surface area contributed by atoms with Gasteiger partial charge in [-0.1, -0.05) is 26.0 Å². The van der Waals surface area contributed by atoms with E-state index in [9.17, 15) is 9.59 Å².